The molecule has 2 saturated heterocycles. The Labute approximate surface area is 146 Å². The van der Waals surface area contributed by atoms with Crippen LogP contribution >= 0.6 is 11.3 Å². The first-order valence-corrected chi connectivity index (χ1v) is 9.45. The number of nitrogens with zero attached hydrogens (tertiary/aromatic N) is 3. The van der Waals surface area contributed by atoms with Gasteiger partial charge >= 0.3 is 0 Å². The van der Waals surface area contributed by atoms with Crippen molar-refractivity contribution in [1.29, 1.82) is 0 Å². The standard InChI is InChI=1S/C18H23N3O2S/c1-13-17(24-12-20-13)10-21-9-16(18-15(21)6-4-8-22-18)23-11-14-5-2-3-7-19-14/h2-3,5,7,12,15-16,18H,4,6,8-11H2,1H3/t15-,16-,18+/m1/s1. The number of fused-ring (bicyclic) bond motifs is 1. The van der Waals surface area contributed by atoms with Gasteiger partial charge in [-0.3, -0.25) is 9.88 Å². The Kier molecular flexibility index (Phi) is 4.89. The highest BCUT2D eigenvalue weighted by Gasteiger charge is 2.44. The van der Waals surface area contributed by atoms with Gasteiger partial charge in [0.15, 0.2) is 0 Å². The smallest absolute Gasteiger partial charge is 0.100 e. The highest BCUT2D eigenvalue weighted by atomic mass is 32.1. The number of hydrogen-bond donors (Lipinski definition) is 0. The average Bonchev–Trinajstić information content (AvgIpc) is 3.19. The first-order chi connectivity index (χ1) is 11.8. The topological polar surface area (TPSA) is 47.5 Å². The minimum atomic E-state index is 0.116. The molecule has 3 atom stereocenters. The number of pyridine rings is 1. The molecule has 128 valence electrons. The van der Waals surface area contributed by atoms with Crippen molar-refractivity contribution >= 4 is 11.3 Å². The van der Waals surface area contributed by atoms with E-state index in [0.717, 1.165) is 37.5 Å². The van der Waals surface area contributed by atoms with Gasteiger partial charge in [-0.25, -0.2) is 4.98 Å². The molecule has 4 heterocycles. The number of likely N-dealkylation sites (tertiary alicyclic amines) is 1. The van der Waals surface area contributed by atoms with Crippen molar-refractivity contribution in [2.45, 2.75) is 51.2 Å². The molecule has 6 heteroatoms. The van der Waals surface area contributed by atoms with Crippen molar-refractivity contribution in [2.75, 3.05) is 13.2 Å². The molecule has 0 N–H and O–H groups in total. The van der Waals surface area contributed by atoms with E-state index in [-0.39, 0.29) is 12.2 Å². The van der Waals surface area contributed by atoms with Gasteiger partial charge in [-0.2, -0.15) is 0 Å². The molecule has 24 heavy (non-hydrogen) atoms. The summed E-state index contributed by atoms with van der Waals surface area (Å²) in [6.07, 6.45) is 4.42. The molecule has 2 aliphatic heterocycles. The molecule has 0 spiro atoms. The monoisotopic (exact) mass is 345 g/mol. The SMILES string of the molecule is Cc1ncsc1CN1C[C@@H](OCc2ccccn2)[C@H]2OCCC[C@H]21. The maximum Gasteiger partial charge on any atom is 0.100 e. The Hall–Kier alpha value is -1.34. The van der Waals surface area contributed by atoms with Crippen molar-refractivity contribution in [2.24, 2.45) is 0 Å². The maximum absolute atomic E-state index is 6.20. The van der Waals surface area contributed by atoms with Gasteiger partial charge in [0.1, 0.15) is 6.10 Å². The first-order valence-electron chi connectivity index (χ1n) is 8.57. The van der Waals surface area contributed by atoms with E-state index in [9.17, 15) is 0 Å². The number of ether oxygens (including phenoxy) is 2. The van der Waals surface area contributed by atoms with Gasteiger partial charge in [0.25, 0.3) is 0 Å². The quantitative estimate of drug-likeness (QED) is 0.834. The fourth-order valence-corrected chi connectivity index (χ4v) is 4.47. The molecule has 0 amide bonds. The molecule has 2 aromatic heterocycles. The number of thiazole rings is 1. The van der Waals surface area contributed by atoms with Gasteiger partial charge in [0, 0.05) is 36.8 Å². The van der Waals surface area contributed by atoms with Crippen LogP contribution in [-0.2, 0) is 22.6 Å². The highest BCUT2D eigenvalue weighted by molar-refractivity contribution is 7.09. The average molecular weight is 345 g/mol. The zero-order valence-electron chi connectivity index (χ0n) is 13.9. The van der Waals surface area contributed by atoms with Gasteiger partial charge in [0.2, 0.25) is 0 Å². The van der Waals surface area contributed by atoms with Gasteiger partial charge in [-0.1, -0.05) is 6.07 Å². The molecule has 0 aliphatic carbocycles. The van der Waals surface area contributed by atoms with Crippen LogP contribution < -0.4 is 0 Å². The molecule has 2 aromatic rings. The van der Waals surface area contributed by atoms with E-state index < -0.39 is 0 Å². The second kappa shape index (κ2) is 7.27. The van der Waals surface area contributed by atoms with E-state index in [4.69, 9.17) is 9.47 Å². The van der Waals surface area contributed by atoms with Crippen molar-refractivity contribution in [3.8, 4) is 0 Å². The molecular formula is C18H23N3O2S. The molecule has 4 rings (SSSR count). The van der Waals surface area contributed by atoms with Crippen LogP contribution in [0, 0.1) is 6.92 Å². The molecule has 5 nitrogen and oxygen atoms in total. The molecule has 2 aliphatic rings. The third kappa shape index (κ3) is 3.37. The maximum atomic E-state index is 6.20. The summed E-state index contributed by atoms with van der Waals surface area (Å²) in [6, 6.07) is 6.39. The van der Waals surface area contributed by atoms with Crippen LogP contribution in [0.4, 0.5) is 0 Å². The lowest BCUT2D eigenvalue weighted by Crippen LogP contribution is -2.41. The summed E-state index contributed by atoms with van der Waals surface area (Å²) in [5, 5.41) is 0. The van der Waals surface area contributed by atoms with Crippen molar-refractivity contribution in [3.63, 3.8) is 0 Å². The predicted molar refractivity (Wildman–Crippen MR) is 92.8 cm³/mol. The third-order valence-corrected chi connectivity index (χ3v) is 5.87. The minimum Gasteiger partial charge on any atom is -0.374 e. The lowest BCUT2D eigenvalue weighted by atomic mass is 10.0. The Morgan fingerprint density at radius 2 is 2.33 bits per heavy atom. The van der Waals surface area contributed by atoms with E-state index in [1.165, 1.54) is 11.3 Å². The van der Waals surface area contributed by atoms with E-state index in [0.29, 0.717) is 12.6 Å². The van der Waals surface area contributed by atoms with Crippen LogP contribution in [0.15, 0.2) is 29.9 Å². The second-order valence-corrected chi connectivity index (χ2v) is 7.45. The summed E-state index contributed by atoms with van der Waals surface area (Å²) in [5.74, 6) is 0. The molecular weight excluding hydrogens is 322 g/mol. The Balaban J connectivity index is 1.44. The number of hydrogen-bond acceptors (Lipinski definition) is 6. The first kappa shape index (κ1) is 16.1. The molecule has 0 bridgehead atoms. The number of rotatable bonds is 5. The van der Waals surface area contributed by atoms with Gasteiger partial charge in [0.05, 0.1) is 29.6 Å². The normalized spacial score (nSPS) is 27.3. The number of aromatic nitrogens is 2. The molecule has 2 fully saturated rings. The van der Waals surface area contributed by atoms with Crippen molar-refractivity contribution in [1.82, 2.24) is 14.9 Å². The molecule has 0 saturated carbocycles. The molecule has 0 radical (unpaired) electrons. The minimum absolute atomic E-state index is 0.116. The largest absolute Gasteiger partial charge is 0.374 e. The van der Waals surface area contributed by atoms with Gasteiger partial charge in [-0.15, -0.1) is 11.3 Å². The predicted octanol–water partition coefficient (Wildman–Crippen LogP) is 2.80. The van der Waals surface area contributed by atoms with Crippen LogP contribution in [0.1, 0.15) is 29.1 Å². The van der Waals surface area contributed by atoms with E-state index in [1.807, 2.05) is 29.9 Å². The summed E-state index contributed by atoms with van der Waals surface area (Å²) < 4.78 is 12.3. The van der Waals surface area contributed by atoms with E-state index in [2.05, 4.69) is 21.8 Å². The van der Waals surface area contributed by atoms with Crippen molar-refractivity contribution < 1.29 is 9.47 Å². The fourth-order valence-electron chi connectivity index (χ4n) is 3.67. The summed E-state index contributed by atoms with van der Waals surface area (Å²) >= 11 is 1.74. The number of aryl methyl sites for hydroxylation is 1. The third-order valence-electron chi connectivity index (χ3n) is 4.95. The van der Waals surface area contributed by atoms with E-state index >= 15 is 0 Å². The van der Waals surface area contributed by atoms with Crippen LogP contribution in [0.5, 0.6) is 0 Å². The summed E-state index contributed by atoms with van der Waals surface area (Å²) in [6.45, 7) is 5.35. The van der Waals surface area contributed by atoms with Crippen molar-refractivity contribution in [3.05, 3.63) is 46.2 Å². The van der Waals surface area contributed by atoms with Gasteiger partial charge < -0.3 is 9.47 Å². The molecule has 0 aromatic carbocycles. The Morgan fingerprint density at radius 1 is 1.38 bits per heavy atom. The lowest BCUT2D eigenvalue weighted by Gasteiger charge is -2.32. The van der Waals surface area contributed by atoms with Crippen LogP contribution in [0.3, 0.4) is 0 Å². The molecule has 0 unspecified atom stereocenters. The Morgan fingerprint density at radius 3 is 3.12 bits per heavy atom. The van der Waals surface area contributed by atoms with Crippen LogP contribution in [-0.4, -0.2) is 46.3 Å². The van der Waals surface area contributed by atoms with Crippen LogP contribution in [0.25, 0.3) is 0 Å². The summed E-state index contributed by atoms with van der Waals surface area (Å²) in [4.78, 5) is 12.6. The lowest BCUT2D eigenvalue weighted by molar-refractivity contribution is -0.0823. The Bertz CT molecular complexity index is 663. The zero-order chi connectivity index (χ0) is 16.4. The summed E-state index contributed by atoms with van der Waals surface area (Å²) in [5.41, 5.74) is 4.05. The van der Waals surface area contributed by atoms with Gasteiger partial charge in [-0.05, 0) is 31.9 Å². The van der Waals surface area contributed by atoms with Crippen LogP contribution in [0.2, 0.25) is 0 Å². The zero-order valence-corrected chi connectivity index (χ0v) is 14.7. The summed E-state index contributed by atoms with van der Waals surface area (Å²) in [7, 11) is 0. The van der Waals surface area contributed by atoms with E-state index in [1.54, 1.807) is 11.3 Å². The highest BCUT2D eigenvalue weighted by Crippen LogP contribution is 2.33. The fraction of sp³-hybridized carbons (Fsp3) is 0.556. The second-order valence-electron chi connectivity index (χ2n) is 6.51.